The Balaban J connectivity index is 1.33. The molecule has 1 aliphatic rings. The molecule has 2 aromatic carbocycles. The number of hydrogen-bond donors (Lipinski definition) is 1. The largest absolute Gasteiger partial charge is 0.343 e. The fraction of sp³-hybridized carbons (Fsp3) is 0.182. The second-order valence-electron chi connectivity index (χ2n) is 7.05. The molecule has 2 heterocycles. The van der Waals surface area contributed by atoms with Gasteiger partial charge in [-0.25, -0.2) is 4.68 Å². The smallest absolute Gasteiger partial charge is 0.251 e. The Morgan fingerprint density at radius 3 is 2.79 bits per heavy atom. The highest BCUT2D eigenvalue weighted by Gasteiger charge is 2.28. The first-order valence-corrected chi connectivity index (χ1v) is 9.58. The molecule has 0 bridgehead atoms. The van der Waals surface area contributed by atoms with Crippen molar-refractivity contribution < 1.29 is 9.32 Å². The zero-order valence-corrected chi connectivity index (χ0v) is 15.7. The number of nitrogens with zero attached hydrogens (tertiary/aromatic N) is 4. The predicted octanol–water partition coefficient (Wildman–Crippen LogP) is 3.73. The third-order valence-electron chi connectivity index (χ3n) is 4.89. The molecule has 0 atom stereocenters. The average Bonchev–Trinajstić information content (AvgIpc) is 3.31. The van der Waals surface area contributed by atoms with Crippen molar-refractivity contribution >= 4 is 5.91 Å². The molecular weight excluding hydrogens is 366 g/mol. The van der Waals surface area contributed by atoms with Gasteiger partial charge >= 0.3 is 0 Å². The molecule has 7 nitrogen and oxygen atoms in total. The van der Waals surface area contributed by atoms with E-state index in [0.29, 0.717) is 17.4 Å². The summed E-state index contributed by atoms with van der Waals surface area (Å²) in [6.45, 7) is 0.208. The average molecular weight is 385 g/mol. The first-order valence-electron chi connectivity index (χ1n) is 9.58. The van der Waals surface area contributed by atoms with E-state index in [9.17, 15) is 4.79 Å². The summed E-state index contributed by atoms with van der Waals surface area (Å²) in [6.07, 6.45) is 3.97. The number of aromatic nitrogens is 4. The summed E-state index contributed by atoms with van der Waals surface area (Å²) in [6, 6.07) is 19.3. The van der Waals surface area contributed by atoms with Crippen LogP contribution in [-0.2, 0) is 6.54 Å². The number of amides is 1. The SMILES string of the molecule is O=C(NCc1nc(C2CC2)no1)c1cccc(-n2nccc2-c2ccccc2)c1. The maximum absolute atomic E-state index is 12.6. The zero-order valence-electron chi connectivity index (χ0n) is 15.7. The maximum atomic E-state index is 12.6. The second-order valence-corrected chi connectivity index (χ2v) is 7.05. The molecule has 0 unspecified atom stereocenters. The van der Waals surface area contributed by atoms with Gasteiger partial charge in [-0.15, -0.1) is 0 Å². The van der Waals surface area contributed by atoms with Gasteiger partial charge in [-0.1, -0.05) is 41.6 Å². The lowest BCUT2D eigenvalue weighted by molar-refractivity contribution is 0.0946. The van der Waals surface area contributed by atoms with Crippen molar-refractivity contribution in [3.8, 4) is 16.9 Å². The Morgan fingerprint density at radius 1 is 1.10 bits per heavy atom. The summed E-state index contributed by atoms with van der Waals surface area (Å²) in [4.78, 5) is 17.0. The van der Waals surface area contributed by atoms with Crippen molar-refractivity contribution in [2.24, 2.45) is 0 Å². The molecule has 0 radical (unpaired) electrons. The van der Waals surface area contributed by atoms with E-state index in [1.165, 1.54) is 0 Å². The van der Waals surface area contributed by atoms with Crippen LogP contribution in [0, 0.1) is 0 Å². The van der Waals surface area contributed by atoms with E-state index in [4.69, 9.17) is 4.52 Å². The van der Waals surface area contributed by atoms with Crippen LogP contribution in [-0.4, -0.2) is 25.8 Å². The van der Waals surface area contributed by atoms with E-state index < -0.39 is 0 Å². The van der Waals surface area contributed by atoms with Gasteiger partial charge in [0.25, 0.3) is 5.91 Å². The lowest BCUT2D eigenvalue weighted by Gasteiger charge is -2.09. The Kier molecular flexibility index (Phi) is 4.40. The van der Waals surface area contributed by atoms with Crippen molar-refractivity contribution in [2.45, 2.75) is 25.3 Å². The van der Waals surface area contributed by atoms with Crippen LogP contribution >= 0.6 is 0 Å². The molecule has 2 aromatic heterocycles. The first kappa shape index (κ1) is 17.4. The van der Waals surface area contributed by atoms with Crippen molar-refractivity contribution in [3.63, 3.8) is 0 Å². The van der Waals surface area contributed by atoms with Crippen LogP contribution in [0.2, 0.25) is 0 Å². The summed E-state index contributed by atoms with van der Waals surface area (Å²) in [7, 11) is 0. The van der Waals surface area contributed by atoms with Crippen LogP contribution < -0.4 is 5.32 Å². The molecule has 1 amide bonds. The third kappa shape index (κ3) is 3.67. The fourth-order valence-corrected chi connectivity index (χ4v) is 3.22. The highest BCUT2D eigenvalue weighted by molar-refractivity contribution is 5.94. The molecular formula is C22H19N5O2. The fourth-order valence-electron chi connectivity index (χ4n) is 3.22. The van der Waals surface area contributed by atoms with Gasteiger partial charge in [-0.05, 0) is 37.1 Å². The lowest BCUT2D eigenvalue weighted by atomic mass is 10.1. The van der Waals surface area contributed by atoms with Gasteiger partial charge in [0.2, 0.25) is 5.89 Å². The van der Waals surface area contributed by atoms with Crippen LogP contribution in [0.25, 0.3) is 16.9 Å². The van der Waals surface area contributed by atoms with Gasteiger partial charge in [0.1, 0.15) is 0 Å². The van der Waals surface area contributed by atoms with Crippen LogP contribution in [0.15, 0.2) is 71.4 Å². The third-order valence-corrected chi connectivity index (χ3v) is 4.89. The van der Waals surface area contributed by atoms with Crippen molar-refractivity contribution in [3.05, 3.63) is 84.1 Å². The van der Waals surface area contributed by atoms with Crippen molar-refractivity contribution in [1.29, 1.82) is 0 Å². The highest BCUT2D eigenvalue weighted by atomic mass is 16.5. The minimum atomic E-state index is -0.202. The minimum Gasteiger partial charge on any atom is -0.343 e. The van der Waals surface area contributed by atoms with Gasteiger partial charge in [-0.2, -0.15) is 10.1 Å². The Morgan fingerprint density at radius 2 is 1.97 bits per heavy atom. The summed E-state index contributed by atoms with van der Waals surface area (Å²) < 4.78 is 7.04. The summed E-state index contributed by atoms with van der Waals surface area (Å²) in [5.74, 6) is 1.39. The van der Waals surface area contributed by atoms with Gasteiger partial charge in [-0.3, -0.25) is 4.79 Å². The van der Waals surface area contributed by atoms with Crippen molar-refractivity contribution in [1.82, 2.24) is 25.2 Å². The first-order chi connectivity index (χ1) is 14.3. The molecule has 29 heavy (non-hydrogen) atoms. The second kappa shape index (κ2) is 7.35. The van der Waals surface area contributed by atoms with Gasteiger partial charge in [0.05, 0.1) is 24.1 Å². The monoisotopic (exact) mass is 385 g/mol. The van der Waals surface area contributed by atoms with Crippen LogP contribution in [0.4, 0.5) is 0 Å². The Bertz CT molecular complexity index is 1140. The standard InChI is InChI=1S/C22H19N5O2/c28-22(23-14-20-25-21(26-29-20)16-9-10-16)17-7-4-8-18(13-17)27-19(11-12-24-27)15-5-2-1-3-6-15/h1-8,11-13,16H,9-10,14H2,(H,23,28). The number of carbonyl (C=O) groups is 1. The maximum Gasteiger partial charge on any atom is 0.251 e. The topological polar surface area (TPSA) is 85.8 Å². The van der Waals surface area contributed by atoms with E-state index in [1.54, 1.807) is 12.3 Å². The Labute approximate surface area is 167 Å². The number of rotatable bonds is 6. The number of benzene rings is 2. The minimum absolute atomic E-state index is 0.202. The molecule has 0 spiro atoms. The molecule has 0 aliphatic heterocycles. The quantitative estimate of drug-likeness (QED) is 0.547. The highest BCUT2D eigenvalue weighted by Crippen LogP contribution is 2.38. The molecule has 1 aliphatic carbocycles. The predicted molar refractivity (Wildman–Crippen MR) is 106 cm³/mol. The summed E-state index contributed by atoms with van der Waals surface area (Å²) in [5.41, 5.74) is 3.37. The molecule has 5 rings (SSSR count). The molecule has 1 saturated carbocycles. The lowest BCUT2D eigenvalue weighted by Crippen LogP contribution is -2.23. The Hall–Kier alpha value is -3.74. The van der Waals surface area contributed by atoms with E-state index in [-0.39, 0.29) is 12.5 Å². The summed E-state index contributed by atoms with van der Waals surface area (Å²) >= 11 is 0. The van der Waals surface area contributed by atoms with Gasteiger partial charge < -0.3 is 9.84 Å². The zero-order chi connectivity index (χ0) is 19.6. The molecule has 144 valence electrons. The van der Waals surface area contributed by atoms with Crippen LogP contribution in [0.1, 0.15) is 40.8 Å². The number of hydrogen-bond acceptors (Lipinski definition) is 5. The van der Waals surface area contributed by atoms with E-state index >= 15 is 0 Å². The number of nitrogens with one attached hydrogen (secondary N) is 1. The molecule has 7 heteroatoms. The van der Waals surface area contributed by atoms with Crippen molar-refractivity contribution in [2.75, 3.05) is 0 Å². The van der Waals surface area contributed by atoms with Crippen LogP contribution in [0.5, 0.6) is 0 Å². The van der Waals surface area contributed by atoms with Crippen LogP contribution in [0.3, 0.4) is 0 Å². The van der Waals surface area contributed by atoms with Gasteiger partial charge in [0, 0.05) is 17.0 Å². The number of carbonyl (C=O) groups excluding carboxylic acids is 1. The molecule has 1 fully saturated rings. The molecule has 0 saturated heterocycles. The van der Waals surface area contributed by atoms with E-state index in [0.717, 1.165) is 35.6 Å². The van der Waals surface area contributed by atoms with E-state index in [2.05, 4.69) is 20.6 Å². The van der Waals surface area contributed by atoms with Gasteiger partial charge in [0.15, 0.2) is 5.82 Å². The summed E-state index contributed by atoms with van der Waals surface area (Å²) in [5, 5.41) is 11.2. The van der Waals surface area contributed by atoms with E-state index in [1.807, 2.05) is 59.3 Å². The molecule has 1 N–H and O–H groups in total. The normalized spacial score (nSPS) is 13.4. The molecule has 4 aromatic rings.